The van der Waals surface area contributed by atoms with Gasteiger partial charge >= 0.3 is 5.97 Å². The number of nitrogens with one attached hydrogen (secondary N) is 1. The van der Waals surface area contributed by atoms with Crippen LogP contribution in [0.5, 0.6) is 5.75 Å². The van der Waals surface area contributed by atoms with Crippen molar-refractivity contribution in [1.82, 2.24) is 5.32 Å². The Hall–Kier alpha value is -2.05. The van der Waals surface area contributed by atoms with Gasteiger partial charge in [-0.2, -0.15) is 0 Å². The number of ether oxygens (including phenoxy) is 2. The van der Waals surface area contributed by atoms with Crippen molar-refractivity contribution in [1.29, 1.82) is 0 Å². The summed E-state index contributed by atoms with van der Waals surface area (Å²) in [6.45, 7) is 10.3. The smallest absolute Gasteiger partial charge is 0.372 e. The molecule has 2 aromatic rings. The SMILES string of the molecule is CCOCc1c(C(=O)O)oc2cccc(OCCCNC(C)(C)C)c12. The van der Waals surface area contributed by atoms with Crippen LogP contribution in [0.15, 0.2) is 22.6 Å². The summed E-state index contributed by atoms with van der Waals surface area (Å²) in [6.07, 6.45) is 0.845. The number of carbonyl (C=O) groups is 1. The fourth-order valence-corrected chi connectivity index (χ4v) is 2.53. The summed E-state index contributed by atoms with van der Waals surface area (Å²) in [4.78, 5) is 11.5. The fraction of sp³-hybridized carbons (Fsp3) is 0.526. The first-order chi connectivity index (χ1) is 11.8. The second-order valence-corrected chi connectivity index (χ2v) is 6.86. The molecular weight excluding hydrogens is 322 g/mol. The summed E-state index contributed by atoms with van der Waals surface area (Å²) in [5.74, 6) is -0.570. The highest BCUT2D eigenvalue weighted by Gasteiger charge is 2.22. The van der Waals surface area contributed by atoms with Gasteiger partial charge in [-0.1, -0.05) is 6.07 Å². The van der Waals surface area contributed by atoms with Crippen molar-refractivity contribution in [2.75, 3.05) is 19.8 Å². The highest BCUT2D eigenvalue weighted by atomic mass is 16.5. The molecule has 2 N–H and O–H groups in total. The first-order valence-electron chi connectivity index (χ1n) is 8.56. The predicted molar refractivity (Wildman–Crippen MR) is 96.4 cm³/mol. The predicted octanol–water partition coefficient (Wildman–Crippen LogP) is 3.82. The molecular formula is C19H27NO5. The Morgan fingerprint density at radius 3 is 2.72 bits per heavy atom. The van der Waals surface area contributed by atoms with Crippen molar-refractivity contribution in [3.8, 4) is 5.75 Å². The molecule has 1 heterocycles. The van der Waals surface area contributed by atoms with E-state index < -0.39 is 5.97 Å². The molecule has 6 nitrogen and oxygen atoms in total. The lowest BCUT2D eigenvalue weighted by atomic mass is 10.1. The molecule has 25 heavy (non-hydrogen) atoms. The van der Waals surface area contributed by atoms with Crippen LogP contribution in [0, 0.1) is 0 Å². The van der Waals surface area contributed by atoms with Gasteiger partial charge in [0, 0.05) is 17.7 Å². The fourth-order valence-electron chi connectivity index (χ4n) is 2.53. The highest BCUT2D eigenvalue weighted by molar-refractivity contribution is 5.97. The van der Waals surface area contributed by atoms with Crippen LogP contribution in [-0.4, -0.2) is 36.4 Å². The molecule has 2 rings (SSSR count). The van der Waals surface area contributed by atoms with Crippen LogP contribution in [-0.2, 0) is 11.3 Å². The molecule has 0 atom stereocenters. The van der Waals surface area contributed by atoms with Crippen LogP contribution in [0.1, 0.15) is 50.2 Å². The molecule has 1 aromatic heterocycles. The Labute approximate surface area is 148 Å². The van der Waals surface area contributed by atoms with E-state index in [0.29, 0.717) is 35.5 Å². The lowest BCUT2D eigenvalue weighted by Crippen LogP contribution is -2.36. The molecule has 0 unspecified atom stereocenters. The molecule has 0 radical (unpaired) electrons. The maximum absolute atomic E-state index is 11.5. The second-order valence-electron chi connectivity index (χ2n) is 6.86. The van der Waals surface area contributed by atoms with Gasteiger partial charge in [0.25, 0.3) is 0 Å². The van der Waals surface area contributed by atoms with E-state index in [0.717, 1.165) is 13.0 Å². The van der Waals surface area contributed by atoms with Crippen molar-refractivity contribution in [3.05, 3.63) is 29.5 Å². The van der Waals surface area contributed by atoms with Crippen LogP contribution >= 0.6 is 0 Å². The normalized spacial score (nSPS) is 11.8. The van der Waals surface area contributed by atoms with Gasteiger partial charge in [0.1, 0.15) is 11.3 Å². The Morgan fingerprint density at radius 2 is 2.08 bits per heavy atom. The van der Waals surface area contributed by atoms with Crippen molar-refractivity contribution in [3.63, 3.8) is 0 Å². The maximum Gasteiger partial charge on any atom is 0.372 e. The Balaban J connectivity index is 2.17. The number of hydrogen-bond acceptors (Lipinski definition) is 5. The lowest BCUT2D eigenvalue weighted by Gasteiger charge is -2.20. The van der Waals surface area contributed by atoms with Crippen molar-refractivity contribution in [2.24, 2.45) is 0 Å². The monoisotopic (exact) mass is 349 g/mol. The molecule has 0 saturated carbocycles. The van der Waals surface area contributed by atoms with Gasteiger partial charge in [-0.3, -0.25) is 0 Å². The minimum Gasteiger partial charge on any atom is -0.493 e. The number of furan rings is 1. The quantitative estimate of drug-likeness (QED) is 0.670. The number of aromatic carboxylic acids is 1. The maximum atomic E-state index is 11.5. The molecule has 138 valence electrons. The number of carboxylic acid groups (broad SMARTS) is 1. The second kappa shape index (κ2) is 8.36. The lowest BCUT2D eigenvalue weighted by molar-refractivity contribution is 0.0654. The number of fused-ring (bicyclic) bond motifs is 1. The van der Waals surface area contributed by atoms with Crippen molar-refractivity contribution >= 4 is 16.9 Å². The van der Waals surface area contributed by atoms with E-state index in [-0.39, 0.29) is 17.9 Å². The molecule has 0 aliphatic rings. The minimum atomic E-state index is -1.11. The first-order valence-corrected chi connectivity index (χ1v) is 8.56. The molecule has 6 heteroatoms. The Bertz CT molecular complexity index is 714. The van der Waals surface area contributed by atoms with E-state index in [4.69, 9.17) is 13.9 Å². The van der Waals surface area contributed by atoms with Gasteiger partial charge in [-0.05, 0) is 52.8 Å². The largest absolute Gasteiger partial charge is 0.493 e. The third-order valence-electron chi connectivity index (χ3n) is 3.65. The summed E-state index contributed by atoms with van der Waals surface area (Å²) in [5.41, 5.74) is 1.09. The molecule has 0 amide bonds. The van der Waals surface area contributed by atoms with Crippen LogP contribution in [0.3, 0.4) is 0 Å². The minimum absolute atomic E-state index is 0.0750. The zero-order valence-electron chi connectivity index (χ0n) is 15.3. The summed E-state index contributed by atoms with van der Waals surface area (Å²) in [7, 11) is 0. The van der Waals surface area contributed by atoms with Crippen LogP contribution in [0.2, 0.25) is 0 Å². The van der Waals surface area contributed by atoms with Crippen molar-refractivity contribution < 1.29 is 23.8 Å². The van der Waals surface area contributed by atoms with Gasteiger partial charge in [-0.25, -0.2) is 4.79 Å². The Kier molecular flexibility index (Phi) is 6.45. The summed E-state index contributed by atoms with van der Waals surface area (Å²) < 4.78 is 16.8. The zero-order chi connectivity index (χ0) is 18.4. The average molecular weight is 349 g/mol. The van der Waals surface area contributed by atoms with E-state index in [1.165, 1.54) is 0 Å². The van der Waals surface area contributed by atoms with E-state index >= 15 is 0 Å². The number of benzene rings is 1. The highest BCUT2D eigenvalue weighted by Crippen LogP contribution is 2.34. The molecule has 0 bridgehead atoms. The number of hydrogen-bond donors (Lipinski definition) is 2. The molecule has 0 fully saturated rings. The third-order valence-corrected chi connectivity index (χ3v) is 3.65. The molecule has 0 spiro atoms. The zero-order valence-corrected chi connectivity index (χ0v) is 15.3. The van der Waals surface area contributed by atoms with Gasteiger partial charge in [0.05, 0.1) is 18.6 Å². The van der Waals surface area contributed by atoms with Crippen LogP contribution < -0.4 is 10.1 Å². The van der Waals surface area contributed by atoms with Crippen LogP contribution in [0.25, 0.3) is 11.0 Å². The summed E-state index contributed by atoms with van der Waals surface area (Å²) in [6, 6.07) is 5.37. The number of carboxylic acids is 1. The van der Waals surface area contributed by atoms with E-state index in [2.05, 4.69) is 26.1 Å². The summed E-state index contributed by atoms with van der Waals surface area (Å²) in [5, 5.41) is 13.5. The topological polar surface area (TPSA) is 80.9 Å². The van der Waals surface area contributed by atoms with E-state index in [1.807, 2.05) is 13.0 Å². The molecule has 0 aliphatic carbocycles. The first kappa shape index (κ1) is 19.3. The van der Waals surface area contributed by atoms with Gasteiger partial charge in [0.2, 0.25) is 5.76 Å². The van der Waals surface area contributed by atoms with Gasteiger partial charge in [0.15, 0.2) is 0 Å². The van der Waals surface area contributed by atoms with Crippen molar-refractivity contribution in [2.45, 2.75) is 46.3 Å². The number of rotatable bonds is 9. The van der Waals surface area contributed by atoms with Gasteiger partial charge in [-0.15, -0.1) is 0 Å². The van der Waals surface area contributed by atoms with Crippen LogP contribution in [0.4, 0.5) is 0 Å². The molecule has 1 aromatic carbocycles. The van der Waals surface area contributed by atoms with E-state index in [1.54, 1.807) is 12.1 Å². The Morgan fingerprint density at radius 1 is 1.32 bits per heavy atom. The standard InChI is InChI=1S/C19H27NO5/c1-5-23-12-13-16-14(24-11-7-10-20-19(2,3)4)8-6-9-15(16)25-17(13)18(21)22/h6,8-9,20H,5,7,10-12H2,1-4H3,(H,21,22). The molecule has 0 saturated heterocycles. The average Bonchev–Trinajstić information content (AvgIpc) is 2.91. The third kappa shape index (κ3) is 5.21. The molecule has 0 aliphatic heterocycles. The van der Waals surface area contributed by atoms with Gasteiger partial charge < -0.3 is 24.3 Å². The van der Waals surface area contributed by atoms with E-state index in [9.17, 15) is 9.90 Å². The summed E-state index contributed by atoms with van der Waals surface area (Å²) >= 11 is 0.